The predicted octanol–water partition coefficient (Wildman–Crippen LogP) is 1.75. The summed E-state index contributed by atoms with van der Waals surface area (Å²) in [5.74, 6) is 0. The van der Waals surface area contributed by atoms with E-state index in [1.54, 1.807) is 0 Å². The predicted molar refractivity (Wildman–Crippen MR) is 72.8 cm³/mol. The zero-order chi connectivity index (χ0) is 16.6. The Morgan fingerprint density at radius 2 is 2.00 bits per heavy atom. The second-order valence-corrected chi connectivity index (χ2v) is 5.41. The summed E-state index contributed by atoms with van der Waals surface area (Å²) in [6, 6.07) is 4.01. The van der Waals surface area contributed by atoms with Crippen molar-refractivity contribution < 1.29 is 32.2 Å². The molecule has 0 bridgehead atoms. The molecule has 0 radical (unpaired) electrons. The zero-order valence-electron chi connectivity index (χ0n) is 11.9. The maximum Gasteiger partial charge on any atom is 0.416 e. The second-order valence-electron chi connectivity index (χ2n) is 5.41. The number of rotatable bonds is 2. The number of nitrogens with one attached hydrogen (secondary N) is 1. The first-order valence-electron chi connectivity index (χ1n) is 6.98. The van der Waals surface area contributed by atoms with Crippen LogP contribution in [0.2, 0.25) is 0 Å². The molecule has 6 nitrogen and oxygen atoms in total. The smallest absolute Gasteiger partial charge is 0.416 e. The number of fused-ring (bicyclic) bond motifs is 1. The number of alkyl halides is 3. The van der Waals surface area contributed by atoms with E-state index >= 15 is 0 Å². The Bertz CT molecular complexity index is 596. The van der Waals surface area contributed by atoms with E-state index in [1.165, 1.54) is 12.1 Å². The largest absolute Gasteiger partial charge is 0.441 e. The van der Waals surface area contributed by atoms with Gasteiger partial charge < -0.3 is 19.9 Å². The van der Waals surface area contributed by atoms with Gasteiger partial charge in [-0.25, -0.2) is 4.79 Å². The lowest BCUT2D eigenvalue weighted by Gasteiger charge is -2.17. The molecule has 4 atom stereocenters. The van der Waals surface area contributed by atoms with Gasteiger partial charge in [0, 0.05) is 5.69 Å². The highest BCUT2D eigenvalue weighted by Crippen LogP contribution is 2.31. The minimum absolute atomic E-state index is 0.00988. The van der Waals surface area contributed by atoms with Crippen LogP contribution < -0.4 is 11.1 Å². The fraction of sp³-hybridized carbons (Fsp3) is 0.500. The molecular weight excluding hydrogens is 317 g/mol. The van der Waals surface area contributed by atoms with Crippen LogP contribution in [0.3, 0.4) is 0 Å². The van der Waals surface area contributed by atoms with Gasteiger partial charge in [0.25, 0.3) is 0 Å². The Hall–Kier alpha value is -1.84. The Kier molecular flexibility index (Phi) is 4.17. The molecule has 9 heteroatoms. The number of hydrogen-bond donors (Lipinski definition) is 2. The molecule has 1 amide bonds. The second kappa shape index (κ2) is 5.99. The van der Waals surface area contributed by atoms with Crippen molar-refractivity contribution in [3.63, 3.8) is 0 Å². The lowest BCUT2D eigenvalue weighted by molar-refractivity contribution is -0.137. The van der Waals surface area contributed by atoms with Gasteiger partial charge in [-0.3, -0.25) is 5.32 Å². The first kappa shape index (κ1) is 16.0. The highest BCUT2D eigenvalue weighted by atomic mass is 19.4. The molecule has 0 unspecified atom stereocenters. The number of benzene rings is 1. The molecule has 2 saturated heterocycles. The molecule has 3 N–H and O–H groups in total. The Balaban J connectivity index is 1.60. The number of anilines is 1. The summed E-state index contributed by atoms with van der Waals surface area (Å²) in [7, 11) is 0. The molecule has 126 valence electrons. The molecule has 1 aromatic carbocycles. The number of carbonyl (C=O) groups is 1. The molecular formula is C14H15F3N2O4. The summed E-state index contributed by atoms with van der Waals surface area (Å²) in [4.78, 5) is 11.8. The van der Waals surface area contributed by atoms with Crippen molar-refractivity contribution in [2.75, 3.05) is 18.5 Å². The van der Waals surface area contributed by atoms with Gasteiger partial charge in [0.15, 0.2) is 6.10 Å². The highest BCUT2D eigenvalue weighted by molar-refractivity contribution is 5.84. The van der Waals surface area contributed by atoms with Crippen molar-refractivity contribution in [1.29, 1.82) is 0 Å². The molecule has 0 spiro atoms. The number of hydrogen-bond acceptors (Lipinski definition) is 5. The van der Waals surface area contributed by atoms with Crippen molar-refractivity contribution in [1.82, 2.24) is 0 Å². The van der Waals surface area contributed by atoms with Gasteiger partial charge in [-0.2, -0.15) is 13.2 Å². The van der Waals surface area contributed by atoms with E-state index < -0.39 is 30.0 Å². The van der Waals surface area contributed by atoms with Gasteiger partial charge in [-0.05, 0) is 18.2 Å². The summed E-state index contributed by atoms with van der Waals surface area (Å²) < 4.78 is 53.9. The van der Waals surface area contributed by atoms with Gasteiger partial charge in [0.2, 0.25) is 0 Å². The molecule has 23 heavy (non-hydrogen) atoms. The minimum Gasteiger partial charge on any atom is -0.441 e. The number of halogens is 3. The number of carbonyl (C=O) groups excluding carboxylic acids is 1. The van der Waals surface area contributed by atoms with Gasteiger partial charge in [-0.1, -0.05) is 6.07 Å². The summed E-state index contributed by atoms with van der Waals surface area (Å²) in [6.07, 6.45) is -6.78. The van der Waals surface area contributed by atoms with Gasteiger partial charge >= 0.3 is 12.3 Å². The lowest BCUT2D eigenvalue weighted by atomic mass is 10.1. The van der Waals surface area contributed by atoms with Crippen molar-refractivity contribution in [3.8, 4) is 0 Å². The Labute approximate surface area is 129 Å². The molecule has 2 fully saturated rings. The summed E-state index contributed by atoms with van der Waals surface area (Å²) in [6.45, 7) is 0.448. The van der Waals surface area contributed by atoms with E-state index in [9.17, 15) is 18.0 Å². The van der Waals surface area contributed by atoms with Gasteiger partial charge in [-0.15, -0.1) is 0 Å². The maximum absolute atomic E-state index is 12.6. The molecule has 2 heterocycles. The van der Waals surface area contributed by atoms with Crippen LogP contribution in [0.1, 0.15) is 5.56 Å². The van der Waals surface area contributed by atoms with Gasteiger partial charge in [0.1, 0.15) is 12.2 Å². The molecule has 2 aliphatic rings. The van der Waals surface area contributed by atoms with Crippen LogP contribution in [0.15, 0.2) is 24.3 Å². The van der Waals surface area contributed by atoms with Crippen LogP contribution in [-0.4, -0.2) is 43.7 Å². The summed E-state index contributed by atoms with van der Waals surface area (Å²) >= 11 is 0. The van der Waals surface area contributed by atoms with Crippen LogP contribution in [-0.2, 0) is 20.4 Å². The van der Waals surface area contributed by atoms with Crippen LogP contribution >= 0.6 is 0 Å². The number of nitrogens with two attached hydrogens (primary N) is 1. The molecule has 0 aliphatic carbocycles. The Morgan fingerprint density at radius 1 is 1.26 bits per heavy atom. The molecule has 0 saturated carbocycles. The van der Waals surface area contributed by atoms with Crippen molar-refractivity contribution >= 4 is 11.8 Å². The third-order valence-corrected chi connectivity index (χ3v) is 3.74. The van der Waals surface area contributed by atoms with Crippen LogP contribution in [0.4, 0.5) is 23.7 Å². The summed E-state index contributed by atoms with van der Waals surface area (Å²) in [5.41, 5.74) is 4.91. The third kappa shape index (κ3) is 3.41. The number of ether oxygens (including phenoxy) is 3. The van der Waals surface area contributed by atoms with Crippen LogP contribution in [0.25, 0.3) is 0 Å². The summed E-state index contributed by atoms with van der Waals surface area (Å²) in [5, 5.41) is 2.27. The van der Waals surface area contributed by atoms with E-state index in [1.807, 2.05) is 0 Å². The maximum atomic E-state index is 12.6. The average molecular weight is 332 g/mol. The SMILES string of the molecule is N[C@H]1CO[C@H]2[C@@H]1OC[C@H]2OC(=O)Nc1cccc(C(F)(F)F)c1. The monoisotopic (exact) mass is 332 g/mol. The minimum atomic E-state index is -4.48. The molecule has 2 aliphatic heterocycles. The van der Waals surface area contributed by atoms with Crippen molar-refractivity contribution in [2.45, 2.75) is 30.5 Å². The quantitative estimate of drug-likeness (QED) is 0.862. The topological polar surface area (TPSA) is 82.8 Å². The van der Waals surface area contributed by atoms with Crippen molar-refractivity contribution in [2.24, 2.45) is 5.73 Å². The normalized spacial score (nSPS) is 30.1. The van der Waals surface area contributed by atoms with E-state index in [0.717, 1.165) is 12.1 Å². The standard InChI is InChI=1S/C14H15F3N2O4/c15-14(16,17)7-2-1-3-8(4-7)19-13(20)23-10-6-22-11-9(18)5-21-12(10)11/h1-4,9-12H,5-6,18H2,(H,19,20)/t9-,10+,11+,12+/m0/s1. The van der Waals surface area contributed by atoms with E-state index in [0.29, 0.717) is 6.61 Å². The average Bonchev–Trinajstić information content (AvgIpc) is 3.03. The lowest BCUT2D eigenvalue weighted by Crippen LogP contribution is -2.38. The molecule has 1 aromatic rings. The van der Waals surface area contributed by atoms with E-state index in [2.05, 4.69) is 5.32 Å². The molecule has 3 rings (SSSR count). The first-order valence-corrected chi connectivity index (χ1v) is 6.98. The third-order valence-electron chi connectivity index (χ3n) is 3.74. The van der Waals surface area contributed by atoms with Crippen molar-refractivity contribution in [3.05, 3.63) is 29.8 Å². The van der Waals surface area contributed by atoms with Gasteiger partial charge in [0.05, 0.1) is 24.8 Å². The molecule has 0 aromatic heterocycles. The zero-order valence-corrected chi connectivity index (χ0v) is 11.9. The fourth-order valence-corrected chi connectivity index (χ4v) is 2.65. The van der Waals surface area contributed by atoms with E-state index in [4.69, 9.17) is 19.9 Å². The highest BCUT2D eigenvalue weighted by Gasteiger charge is 2.48. The fourth-order valence-electron chi connectivity index (χ4n) is 2.65. The van der Waals surface area contributed by atoms with Crippen LogP contribution in [0, 0.1) is 0 Å². The van der Waals surface area contributed by atoms with Crippen LogP contribution in [0.5, 0.6) is 0 Å². The number of amides is 1. The van der Waals surface area contributed by atoms with E-state index in [-0.39, 0.29) is 24.4 Å². The Morgan fingerprint density at radius 3 is 2.74 bits per heavy atom. The first-order chi connectivity index (χ1) is 10.8.